The third-order valence-corrected chi connectivity index (χ3v) is 3.73. The summed E-state index contributed by atoms with van der Waals surface area (Å²) in [4.78, 5) is 10.8. The van der Waals surface area contributed by atoms with Crippen molar-refractivity contribution in [3.8, 4) is 0 Å². The Morgan fingerprint density at radius 1 is 1.17 bits per heavy atom. The number of carbonyl (C=O) groups excluding carboxylic acids is 1. The largest absolute Gasteiger partial charge is 0.303 e. The number of rotatable bonds is 3. The van der Waals surface area contributed by atoms with Gasteiger partial charge in [-0.05, 0) is 37.5 Å². The van der Waals surface area contributed by atoms with Crippen LogP contribution in [-0.2, 0) is 4.79 Å². The van der Waals surface area contributed by atoms with Gasteiger partial charge in [0.15, 0.2) is 0 Å². The van der Waals surface area contributed by atoms with E-state index in [4.69, 9.17) is 0 Å². The molecule has 2 fully saturated rings. The van der Waals surface area contributed by atoms with Gasteiger partial charge in [0.25, 0.3) is 0 Å². The second kappa shape index (κ2) is 2.58. The van der Waals surface area contributed by atoms with E-state index in [0.717, 1.165) is 12.8 Å². The van der Waals surface area contributed by atoms with Gasteiger partial charge in [0, 0.05) is 5.41 Å². The summed E-state index contributed by atoms with van der Waals surface area (Å²) in [7, 11) is 0. The fourth-order valence-corrected chi connectivity index (χ4v) is 2.75. The first-order valence-electron chi connectivity index (χ1n) is 5.15. The van der Waals surface area contributed by atoms with Crippen molar-refractivity contribution in [2.45, 2.75) is 51.9 Å². The van der Waals surface area contributed by atoms with Crippen molar-refractivity contribution >= 4 is 6.29 Å². The van der Waals surface area contributed by atoms with Gasteiger partial charge in [0.05, 0.1) is 0 Å². The van der Waals surface area contributed by atoms with Gasteiger partial charge in [-0.15, -0.1) is 0 Å². The molecule has 2 aliphatic carbocycles. The molecule has 12 heavy (non-hydrogen) atoms. The summed E-state index contributed by atoms with van der Waals surface area (Å²) < 4.78 is 0. The fourth-order valence-electron chi connectivity index (χ4n) is 2.75. The lowest BCUT2D eigenvalue weighted by Gasteiger charge is -2.26. The summed E-state index contributed by atoms with van der Waals surface area (Å²) in [6.07, 6.45) is 10.2. The van der Waals surface area contributed by atoms with Gasteiger partial charge < -0.3 is 4.79 Å². The Hall–Kier alpha value is -0.330. The van der Waals surface area contributed by atoms with Gasteiger partial charge in [-0.1, -0.05) is 19.8 Å². The summed E-state index contributed by atoms with van der Waals surface area (Å²) in [5.74, 6) is 0. The maximum Gasteiger partial charge on any atom is 0.126 e. The molecule has 0 spiro atoms. The summed E-state index contributed by atoms with van der Waals surface area (Å²) in [6.45, 7) is 2.36. The van der Waals surface area contributed by atoms with Crippen LogP contribution in [-0.4, -0.2) is 6.29 Å². The molecule has 0 N–H and O–H groups in total. The number of hydrogen-bond donors (Lipinski definition) is 0. The minimum Gasteiger partial charge on any atom is -0.303 e. The van der Waals surface area contributed by atoms with Crippen molar-refractivity contribution in [3.05, 3.63) is 0 Å². The third-order valence-electron chi connectivity index (χ3n) is 3.73. The number of carbonyl (C=O) groups is 1. The average Bonchev–Trinajstić information content (AvgIpc) is 2.68. The van der Waals surface area contributed by atoms with Crippen LogP contribution in [0, 0.1) is 10.8 Å². The SMILES string of the molecule is CC1(CC2(C=O)CC2)CCCC1. The Morgan fingerprint density at radius 3 is 2.17 bits per heavy atom. The lowest BCUT2D eigenvalue weighted by molar-refractivity contribution is -0.113. The Labute approximate surface area is 74.5 Å². The highest BCUT2D eigenvalue weighted by atomic mass is 16.1. The molecule has 0 heterocycles. The number of hydrogen-bond acceptors (Lipinski definition) is 1. The zero-order valence-corrected chi connectivity index (χ0v) is 7.94. The quantitative estimate of drug-likeness (QED) is 0.589. The van der Waals surface area contributed by atoms with Gasteiger partial charge in [0.1, 0.15) is 6.29 Å². The molecule has 2 saturated carbocycles. The molecule has 2 rings (SSSR count). The molecule has 0 amide bonds. The van der Waals surface area contributed by atoms with E-state index in [2.05, 4.69) is 6.92 Å². The Morgan fingerprint density at radius 2 is 1.75 bits per heavy atom. The predicted octanol–water partition coefficient (Wildman–Crippen LogP) is 2.94. The van der Waals surface area contributed by atoms with E-state index in [1.807, 2.05) is 0 Å². The summed E-state index contributed by atoms with van der Waals surface area (Å²) >= 11 is 0. The predicted molar refractivity (Wildman–Crippen MR) is 48.9 cm³/mol. The summed E-state index contributed by atoms with van der Waals surface area (Å²) in [5, 5.41) is 0. The van der Waals surface area contributed by atoms with Crippen LogP contribution in [0.15, 0.2) is 0 Å². The van der Waals surface area contributed by atoms with E-state index in [9.17, 15) is 4.79 Å². The Balaban J connectivity index is 1.97. The number of aldehydes is 1. The van der Waals surface area contributed by atoms with Gasteiger partial charge >= 0.3 is 0 Å². The maximum atomic E-state index is 10.8. The molecule has 1 nitrogen and oxygen atoms in total. The molecule has 0 bridgehead atoms. The maximum absolute atomic E-state index is 10.8. The smallest absolute Gasteiger partial charge is 0.126 e. The van der Waals surface area contributed by atoms with Crippen LogP contribution in [0.25, 0.3) is 0 Å². The first-order chi connectivity index (χ1) is 5.68. The minimum absolute atomic E-state index is 0.138. The first kappa shape index (κ1) is 8.28. The van der Waals surface area contributed by atoms with Crippen molar-refractivity contribution in [2.24, 2.45) is 10.8 Å². The Bertz CT molecular complexity index is 185. The monoisotopic (exact) mass is 166 g/mol. The van der Waals surface area contributed by atoms with Crippen molar-refractivity contribution in [1.29, 1.82) is 0 Å². The molecule has 0 unspecified atom stereocenters. The zero-order valence-electron chi connectivity index (χ0n) is 7.94. The zero-order chi connectivity index (χ0) is 8.66. The fraction of sp³-hybridized carbons (Fsp3) is 0.909. The third kappa shape index (κ3) is 1.41. The topological polar surface area (TPSA) is 17.1 Å². The van der Waals surface area contributed by atoms with Crippen LogP contribution < -0.4 is 0 Å². The van der Waals surface area contributed by atoms with Crippen molar-refractivity contribution in [2.75, 3.05) is 0 Å². The van der Waals surface area contributed by atoms with Crippen molar-refractivity contribution in [1.82, 2.24) is 0 Å². The molecule has 1 heteroatoms. The highest BCUT2D eigenvalue weighted by Crippen LogP contribution is 2.55. The molecule has 0 aromatic rings. The first-order valence-corrected chi connectivity index (χ1v) is 5.15. The molecule has 0 aromatic carbocycles. The van der Waals surface area contributed by atoms with Crippen LogP contribution in [0.5, 0.6) is 0 Å². The molecule has 0 aliphatic heterocycles. The molecule has 0 saturated heterocycles. The lowest BCUT2D eigenvalue weighted by Crippen LogP contribution is -2.18. The highest BCUT2D eigenvalue weighted by Gasteiger charge is 2.47. The van der Waals surface area contributed by atoms with E-state index >= 15 is 0 Å². The lowest BCUT2D eigenvalue weighted by atomic mass is 9.78. The van der Waals surface area contributed by atoms with Gasteiger partial charge in [0.2, 0.25) is 0 Å². The van der Waals surface area contributed by atoms with Gasteiger partial charge in [-0.2, -0.15) is 0 Å². The molecule has 0 aromatic heterocycles. The molecular weight excluding hydrogens is 148 g/mol. The van der Waals surface area contributed by atoms with Crippen LogP contribution in [0.2, 0.25) is 0 Å². The molecular formula is C11H18O. The van der Waals surface area contributed by atoms with Gasteiger partial charge in [-0.3, -0.25) is 0 Å². The van der Waals surface area contributed by atoms with E-state index in [-0.39, 0.29) is 5.41 Å². The summed E-state index contributed by atoms with van der Waals surface area (Å²) in [6, 6.07) is 0. The van der Waals surface area contributed by atoms with E-state index in [0.29, 0.717) is 5.41 Å². The van der Waals surface area contributed by atoms with Crippen LogP contribution in [0.3, 0.4) is 0 Å². The van der Waals surface area contributed by atoms with Crippen LogP contribution in [0.4, 0.5) is 0 Å². The van der Waals surface area contributed by atoms with Crippen LogP contribution in [0.1, 0.15) is 51.9 Å². The standard InChI is InChI=1S/C11H18O/c1-10(4-2-3-5-10)8-11(9-12)6-7-11/h9H,2-8H2,1H3. The van der Waals surface area contributed by atoms with E-state index in [1.54, 1.807) is 0 Å². The molecule has 0 radical (unpaired) electrons. The second-order valence-corrected chi connectivity index (χ2v) is 5.17. The molecule has 0 atom stereocenters. The Kier molecular flexibility index (Phi) is 1.78. The second-order valence-electron chi connectivity index (χ2n) is 5.17. The molecule has 2 aliphatic rings. The van der Waals surface area contributed by atoms with E-state index in [1.165, 1.54) is 38.4 Å². The van der Waals surface area contributed by atoms with Gasteiger partial charge in [-0.25, -0.2) is 0 Å². The minimum atomic E-state index is 0.138. The molecule has 68 valence electrons. The van der Waals surface area contributed by atoms with E-state index < -0.39 is 0 Å². The van der Waals surface area contributed by atoms with Crippen LogP contribution >= 0.6 is 0 Å². The summed E-state index contributed by atoms with van der Waals surface area (Å²) in [5.41, 5.74) is 0.649. The highest BCUT2D eigenvalue weighted by molar-refractivity contribution is 5.63. The van der Waals surface area contributed by atoms with Crippen molar-refractivity contribution in [3.63, 3.8) is 0 Å². The van der Waals surface area contributed by atoms with Crippen molar-refractivity contribution < 1.29 is 4.79 Å². The average molecular weight is 166 g/mol. The normalized spacial score (nSPS) is 30.1.